The van der Waals surface area contributed by atoms with Gasteiger partial charge >= 0.3 is 0 Å². The summed E-state index contributed by atoms with van der Waals surface area (Å²) in [6.07, 6.45) is 1.38. The highest BCUT2D eigenvalue weighted by Crippen LogP contribution is 2.35. The Balaban J connectivity index is 1.59. The van der Waals surface area contributed by atoms with Gasteiger partial charge in [0.05, 0.1) is 13.2 Å². The number of aryl methyl sites for hydroxylation is 1. The van der Waals surface area contributed by atoms with E-state index < -0.39 is 12.0 Å². The summed E-state index contributed by atoms with van der Waals surface area (Å²) in [6.45, 7) is 0.193. The number of rotatable bonds is 3. The summed E-state index contributed by atoms with van der Waals surface area (Å²) in [6, 6.07) is 1.01. The van der Waals surface area contributed by atoms with Crippen LogP contribution in [0.1, 0.15) is 16.9 Å². The Hall–Kier alpha value is -1.54. The fourth-order valence-electron chi connectivity index (χ4n) is 3.04. The number of halogens is 2. The van der Waals surface area contributed by atoms with Crippen LogP contribution in [-0.4, -0.2) is 74.8 Å². The standard InChI is InChI=1S/C13H18F2N4O2/c1-17-3-2-11(16-17)12(21)18-5-10(6-18)19-8-13(14,15)4-9(19)7-20/h2-3,9-10,20H,4-8H2,1H3/t9-/m0/s1. The number of aliphatic hydroxyl groups excluding tert-OH is 1. The minimum absolute atomic E-state index is 0.108. The molecule has 1 amide bonds. The quantitative estimate of drug-likeness (QED) is 0.850. The second-order valence-electron chi connectivity index (χ2n) is 5.81. The van der Waals surface area contributed by atoms with Crippen LogP contribution < -0.4 is 0 Å². The Morgan fingerprint density at radius 2 is 2.24 bits per heavy atom. The monoisotopic (exact) mass is 300 g/mol. The van der Waals surface area contributed by atoms with E-state index in [0.717, 1.165) is 0 Å². The molecule has 2 aliphatic heterocycles. The number of amides is 1. The molecule has 3 rings (SSSR count). The highest BCUT2D eigenvalue weighted by Gasteiger charge is 2.50. The molecule has 0 aromatic carbocycles. The Morgan fingerprint density at radius 3 is 2.81 bits per heavy atom. The van der Waals surface area contributed by atoms with Crippen LogP contribution in [0, 0.1) is 0 Å². The largest absolute Gasteiger partial charge is 0.395 e. The number of carbonyl (C=O) groups excluding carboxylic acids is 1. The maximum Gasteiger partial charge on any atom is 0.274 e. The average molecular weight is 300 g/mol. The molecule has 0 aliphatic carbocycles. The maximum absolute atomic E-state index is 13.4. The Morgan fingerprint density at radius 1 is 1.52 bits per heavy atom. The van der Waals surface area contributed by atoms with Crippen molar-refractivity contribution in [2.45, 2.75) is 24.4 Å². The molecule has 0 bridgehead atoms. The van der Waals surface area contributed by atoms with Crippen LogP contribution in [0.3, 0.4) is 0 Å². The number of carbonyl (C=O) groups is 1. The molecule has 6 nitrogen and oxygen atoms in total. The van der Waals surface area contributed by atoms with Gasteiger partial charge in [0.2, 0.25) is 0 Å². The number of nitrogens with zero attached hydrogens (tertiary/aromatic N) is 4. The topological polar surface area (TPSA) is 61.6 Å². The summed E-state index contributed by atoms with van der Waals surface area (Å²) in [5.74, 6) is -2.93. The molecule has 2 saturated heterocycles. The molecule has 2 fully saturated rings. The lowest BCUT2D eigenvalue weighted by Crippen LogP contribution is -2.62. The molecular weight excluding hydrogens is 282 g/mol. The van der Waals surface area contributed by atoms with Gasteiger partial charge in [0.1, 0.15) is 5.69 Å². The first-order valence-corrected chi connectivity index (χ1v) is 6.93. The van der Waals surface area contributed by atoms with Crippen LogP contribution in [0.4, 0.5) is 8.78 Å². The van der Waals surface area contributed by atoms with E-state index >= 15 is 0 Å². The summed E-state index contributed by atoms with van der Waals surface area (Å²) in [7, 11) is 1.73. The van der Waals surface area contributed by atoms with Crippen molar-refractivity contribution in [2.24, 2.45) is 7.05 Å². The number of hydrogen-bond donors (Lipinski definition) is 1. The fourth-order valence-corrected chi connectivity index (χ4v) is 3.04. The Bertz CT molecular complexity index is 542. The van der Waals surface area contributed by atoms with E-state index in [2.05, 4.69) is 5.10 Å². The molecule has 0 radical (unpaired) electrons. The SMILES string of the molecule is Cn1ccc(C(=O)N2CC(N3CC(F)(F)C[C@H]3CO)C2)n1. The van der Waals surface area contributed by atoms with Crippen LogP contribution in [0.5, 0.6) is 0 Å². The molecule has 21 heavy (non-hydrogen) atoms. The molecular formula is C13H18F2N4O2. The number of aliphatic hydroxyl groups is 1. The van der Waals surface area contributed by atoms with Crippen molar-refractivity contribution in [1.82, 2.24) is 19.6 Å². The molecule has 0 unspecified atom stereocenters. The van der Waals surface area contributed by atoms with Crippen LogP contribution in [0.25, 0.3) is 0 Å². The Labute approximate surface area is 120 Å². The lowest BCUT2D eigenvalue weighted by molar-refractivity contribution is -0.0126. The van der Waals surface area contributed by atoms with E-state index in [1.54, 1.807) is 33.8 Å². The van der Waals surface area contributed by atoms with Crippen LogP contribution in [-0.2, 0) is 7.05 Å². The molecule has 0 spiro atoms. The molecule has 0 saturated carbocycles. The second-order valence-corrected chi connectivity index (χ2v) is 5.81. The molecule has 8 heteroatoms. The highest BCUT2D eigenvalue weighted by molar-refractivity contribution is 5.92. The third-order valence-corrected chi connectivity index (χ3v) is 4.18. The summed E-state index contributed by atoms with van der Waals surface area (Å²) >= 11 is 0. The van der Waals surface area contributed by atoms with Gasteiger partial charge in [0.25, 0.3) is 11.8 Å². The zero-order chi connectivity index (χ0) is 15.2. The normalized spacial score (nSPS) is 26.1. The minimum atomic E-state index is -2.75. The first kappa shape index (κ1) is 14.4. The first-order valence-electron chi connectivity index (χ1n) is 6.93. The summed E-state index contributed by atoms with van der Waals surface area (Å²) in [4.78, 5) is 15.3. The number of alkyl halides is 2. The molecule has 1 N–H and O–H groups in total. The molecule has 3 heterocycles. The van der Waals surface area contributed by atoms with Crippen molar-refractivity contribution >= 4 is 5.91 Å². The van der Waals surface area contributed by atoms with Gasteiger partial charge in [-0.3, -0.25) is 14.4 Å². The predicted octanol–water partition coefficient (Wildman–Crippen LogP) is -0.0536. The van der Waals surface area contributed by atoms with Gasteiger partial charge in [0.15, 0.2) is 0 Å². The predicted molar refractivity (Wildman–Crippen MR) is 70.0 cm³/mol. The minimum Gasteiger partial charge on any atom is -0.395 e. The van der Waals surface area contributed by atoms with Gasteiger partial charge in [-0.15, -0.1) is 0 Å². The van der Waals surface area contributed by atoms with Gasteiger partial charge in [-0.05, 0) is 6.07 Å². The molecule has 1 aromatic heterocycles. The lowest BCUT2D eigenvalue weighted by atomic mass is 10.1. The molecule has 1 atom stereocenters. The average Bonchev–Trinajstić information content (AvgIpc) is 2.91. The summed E-state index contributed by atoms with van der Waals surface area (Å²) in [5.41, 5.74) is 0.362. The van der Waals surface area contributed by atoms with Gasteiger partial charge in [-0.2, -0.15) is 5.10 Å². The van der Waals surface area contributed by atoms with Gasteiger partial charge in [-0.1, -0.05) is 0 Å². The highest BCUT2D eigenvalue weighted by atomic mass is 19.3. The zero-order valence-electron chi connectivity index (χ0n) is 11.7. The molecule has 1 aromatic rings. The van der Waals surface area contributed by atoms with E-state index in [1.165, 1.54) is 0 Å². The lowest BCUT2D eigenvalue weighted by Gasteiger charge is -2.45. The number of likely N-dealkylation sites (tertiary alicyclic amines) is 2. The van der Waals surface area contributed by atoms with E-state index in [4.69, 9.17) is 0 Å². The molecule has 2 aliphatic rings. The third kappa shape index (κ3) is 2.65. The molecule has 116 valence electrons. The number of hydrogen-bond acceptors (Lipinski definition) is 4. The van der Waals surface area contributed by atoms with Crippen molar-refractivity contribution in [3.05, 3.63) is 18.0 Å². The second kappa shape index (κ2) is 5.03. The first-order chi connectivity index (χ1) is 9.89. The van der Waals surface area contributed by atoms with Crippen LogP contribution >= 0.6 is 0 Å². The zero-order valence-corrected chi connectivity index (χ0v) is 11.7. The maximum atomic E-state index is 13.4. The van der Waals surface area contributed by atoms with Gasteiger partial charge < -0.3 is 10.0 Å². The summed E-state index contributed by atoms with van der Waals surface area (Å²) in [5, 5.41) is 13.3. The van der Waals surface area contributed by atoms with Crippen LogP contribution in [0.15, 0.2) is 12.3 Å². The van der Waals surface area contributed by atoms with Gasteiger partial charge in [-0.25, -0.2) is 8.78 Å². The van der Waals surface area contributed by atoms with Crippen molar-refractivity contribution in [3.63, 3.8) is 0 Å². The van der Waals surface area contributed by atoms with E-state index in [9.17, 15) is 18.7 Å². The summed E-state index contributed by atoms with van der Waals surface area (Å²) < 4.78 is 28.4. The van der Waals surface area contributed by atoms with E-state index in [0.29, 0.717) is 18.8 Å². The van der Waals surface area contributed by atoms with Crippen molar-refractivity contribution in [2.75, 3.05) is 26.2 Å². The van der Waals surface area contributed by atoms with Gasteiger partial charge in [0, 0.05) is 44.8 Å². The fraction of sp³-hybridized carbons (Fsp3) is 0.692. The number of aromatic nitrogens is 2. The van der Waals surface area contributed by atoms with E-state index in [1.807, 2.05) is 0 Å². The smallest absolute Gasteiger partial charge is 0.274 e. The van der Waals surface area contributed by atoms with Crippen molar-refractivity contribution in [1.29, 1.82) is 0 Å². The van der Waals surface area contributed by atoms with Crippen molar-refractivity contribution < 1.29 is 18.7 Å². The third-order valence-electron chi connectivity index (χ3n) is 4.18. The van der Waals surface area contributed by atoms with Crippen molar-refractivity contribution in [3.8, 4) is 0 Å². The Kier molecular flexibility index (Phi) is 3.45. The van der Waals surface area contributed by atoms with Crippen LogP contribution in [0.2, 0.25) is 0 Å². The van der Waals surface area contributed by atoms with E-state index in [-0.39, 0.29) is 31.5 Å².